The van der Waals surface area contributed by atoms with Crippen molar-refractivity contribution in [3.8, 4) is 5.75 Å². The summed E-state index contributed by atoms with van der Waals surface area (Å²) in [6.45, 7) is 8.67. The number of rotatable bonds is 10. The fourth-order valence-corrected chi connectivity index (χ4v) is 2.89. The van der Waals surface area contributed by atoms with Crippen LogP contribution in [0.5, 0.6) is 5.75 Å². The molecular weight excluding hydrogens is 356 g/mol. The lowest BCUT2D eigenvalue weighted by atomic mass is 10.1. The number of aliphatic imine (C=N–C) groups is 1. The third-order valence-corrected chi connectivity index (χ3v) is 4.49. The summed E-state index contributed by atoms with van der Waals surface area (Å²) in [5.74, 6) is 2.52. The first kappa shape index (κ1) is 21.8. The lowest BCUT2D eigenvalue weighted by Gasteiger charge is -2.15. The molecule has 0 unspecified atom stereocenters. The van der Waals surface area contributed by atoms with Gasteiger partial charge in [-0.1, -0.05) is 17.3 Å². The third kappa shape index (κ3) is 6.56. The van der Waals surface area contributed by atoms with Crippen molar-refractivity contribution < 1.29 is 14.0 Å². The number of nitrogens with zero attached hydrogens (tertiary/aromatic N) is 2. The number of hydrogen-bond acceptors (Lipinski definition) is 5. The number of guanidine groups is 1. The molecule has 0 spiro atoms. The largest absolute Gasteiger partial charge is 0.493 e. The van der Waals surface area contributed by atoms with Crippen LogP contribution in [0.1, 0.15) is 34.6 Å². The second-order valence-corrected chi connectivity index (χ2v) is 6.71. The first-order valence-corrected chi connectivity index (χ1v) is 9.62. The molecule has 0 aliphatic heterocycles. The number of methoxy groups -OCH3 is 1. The first-order chi connectivity index (χ1) is 13.5. The van der Waals surface area contributed by atoms with Gasteiger partial charge in [-0.05, 0) is 38.8 Å². The molecule has 0 saturated carbocycles. The minimum atomic E-state index is 0.630. The number of hydrogen-bond donors (Lipinski definition) is 2. The Kier molecular flexibility index (Phi) is 8.81. The van der Waals surface area contributed by atoms with E-state index in [-0.39, 0.29) is 0 Å². The molecule has 0 aliphatic rings. The van der Waals surface area contributed by atoms with Crippen LogP contribution in [0.2, 0.25) is 0 Å². The van der Waals surface area contributed by atoms with E-state index in [1.165, 1.54) is 5.56 Å². The van der Waals surface area contributed by atoms with Gasteiger partial charge in [0.15, 0.2) is 5.96 Å². The van der Waals surface area contributed by atoms with Crippen molar-refractivity contribution in [3.63, 3.8) is 0 Å². The second-order valence-electron chi connectivity index (χ2n) is 6.71. The van der Waals surface area contributed by atoms with Gasteiger partial charge < -0.3 is 24.6 Å². The minimum Gasteiger partial charge on any atom is -0.493 e. The van der Waals surface area contributed by atoms with Gasteiger partial charge >= 0.3 is 0 Å². The molecule has 154 valence electrons. The number of aryl methyl sites for hydroxylation is 3. The van der Waals surface area contributed by atoms with E-state index < -0.39 is 0 Å². The number of ether oxygens (including phenoxy) is 2. The average molecular weight is 389 g/mol. The molecule has 28 heavy (non-hydrogen) atoms. The van der Waals surface area contributed by atoms with Gasteiger partial charge in [-0.2, -0.15) is 0 Å². The summed E-state index contributed by atoms with van der Waals surface area (Å²) in [5.41, 5.74) is 4.36. The van der Waals surface area contributed by atoms with Crippen molar-refractivity contribution in [1.29, 1.82) is 0 Å². The van der Waals surface area contributed by atoms with Gasteiger partial charge in [0.25, 0.3) is 0 Å². The molecule has 7 nitrogen and oxygen atoms in total. The van der Waals surface area contributed by atoms with Crippen LogP contribution in [0.25, 0.3) is 0 Å². The fourth-order valence-electron chi connectivity index (χ4n) is 2.89. The lowest BCUT2D eigenvalue weighted by molar-refractivity contribution is 0.171. The Balaban J connectivity index is 1.86. The molecule has 1 heterocycles. The lowest BCUT2D eigenvalue weighted by Crippen LogP contribution is -2.38. The summed E-state index contributed by atoms with van der Waals surface area (Å²) >= 11 is 0. The SMILES string of the molecule is CN=C(NCCc1c(C)noc1C)NCc1ccc(C)cc1OCCCOC. The van der Waals surface area contributed by atoms with Crippen molar-refractivity contribution in [2.24, 2.45) is 4.99 Å². The standard InChI is InChI=1S/C21H32N4O3/c1-15-7-8-18(20(13-15)27-12-6-11-26-5)14-24-21(22-4)23-10-9-19-16(2)25-28-17(19)3/h7-8,13H,6,9-12,14H2,1-5H3,(H2,22,23,24). The van der Waals surface area contributed by atoms with E-state index in [4.69, 9.17) is 14.0 Å². The zero-order chi connectivity index (χ0) is 20.4. The Morgan fingerprint density at radius 3 is 2.68 bits per heavy atom. The average Bonchev–Trinajstić information content (AvgIpc) is 3.01. The highest BCUT2D eigenvalue weighted by molar-refractivity contribution is 5.79. The van der Waals surface area contributed by atoms with E-state index in [9.17, 15) is 0 Å². The van der Waals surface area contributed by atoms with Gasteiger partial charge in [-0.25, -0.2) is 0 Å². The van der Waals surface area contributed by atoms with Crippen molar-refractivity contribution in [2.45, 2.75) is 40.2 Å². The quantitative estimate of drug-likeness (QED) is 0.370. The Hall–Kier alpha value is -2.54. The summed E-state index contributed by atoms with van der Waals surface area (Å²) in [5, 5.41) is 10.7. The number of aromatic nitrogens is 1. The summed E-state index contributed by atoms with van der Waals surface area (Å²) in [7, 11) is 3.47. The first-order valence-electron chi connectivity index (χ1n) is 9.62. The van der Waals surface area contributed by atoms with Crippen LogP contribution in [0.4, 0.5) is 0 Å². The molecular formula is C21H32N4O3. The molecule has 2 N–H and O–H groups in total. The molecule has 0 atom stereocenters. The molecule has 0 amide bonds. The summed E-state index contributed by atoms with van der Waals surface area (Å²) in [6.07, 6.45) is 1.70. The van der Waals surface area contributed by atoms with Crippen LogP contribution in [0.15, 0.2) is 27.7 Å². The Labute approximate surface area is 167 Å². The van der Waals surface area contributed by atoms with Crippen LogP contribution < -0.4 is 15.4 Å². The van der Waals surface area contributed by atoms with E-state index >= 15 is 0 Å². The van der Waals surface area contributed by atoms with Gasteiger partial charge in [0, 0.05) is 51.4 Å². The van der Waals surface area contributed by atoms with Crippen LogP contribution in [0, 0.1) is 20.8 Å². The third-order valence-electron chi connectivity index (χ3n) is 4.49. The maximum Gasteiger partial charge on any atom is 0.191 e. The van der Waals surface area contributed by atoms with E-state index in [1.54, 1.807) is 14.2 Å². The van der Waals surface area contributed by atoms with E-state index in [1.807, 2.05) is 13.8 Å². The van der Waals surface area contributed by atoms with Crippen molar-refractivity contribution in [2.75, 3.05) is 33.9 Å². The summed E-state index contributed by atoms with van der Waals surface area (Å²) in [4.78, 5) is 4.30. The predicted octanol–water partition coefficient (Wildman–Crippen LogP) is 2.92. The van der Waals surface area contributed by atoms with Crippen molar-refractivity contribution >= 4 is 5.96 Å². The Bertz CT molecular complexity index is 752. The molecule has 2 aromatic rings. The highest BCUT2D eigenvalue weighted by Crippen LogP contribution is 2.20. The zero-order valence-electron chi connectivity index (χ0n) is 17.6. The summed E-state index contributed by atoms with van der Waals surface area (Å²) < 4.78 is 16.2. The number of nitrogens with one attached hydrogen (secondary N) is 2. The van der Waals surface area contributed by atoms with Gasteiger partial charge in [-0.15, -0.1) is 0 Å². The maximum absolute atomic E-state index is 5.94. The highest BCUT2D eigenvalue weighted by atomic mass is 16.5. The molecule has 7 heteroatoms. The maximum atomic E-state index is 5.94. The van der Waals surface area contributed by atoms with E-state index in [2.05, 4.69) is 45.9 Å². The summed E-state index contributed by atoms with van der Waals surface area (Å²) in [6, 6.07) is 6.25. The topological polar surface area (TPSA) is 80.9 Å². The Morgan fingerprint density at radius 2 is 2.00 bits per heavy atom. The molecule has 0 bridgehead atoms. The van der Waals surface area contributed by atoms with Crippen LogP contribution in [-0.2, 0) is 17.7 Å². The van der Waals surface area contributed by atoms with Crippen LogP contribution >= 0.6 is 0 Å². The normalized spacial score (nSPS) is 11.5. The van der Waals surface area contributed by atoms with Crippen molar-refractivity contribution in [1.82, 2.24) is 15.8 Å². The molecule has 1 aromatic carbocycles. The number of benzene rings is 1. The van der Waals surface area contributed by atoms with E-state index in [0.717, 1.165) is 53.7 Å². The monoisotopic (exact) mass is 388 g/mol. The molecule has 1 aromatic heterocycles. The zero-order valence-corrected chi connectivity index (χ0v) is 17.6. The molecule has 0 radical (unpaired) electrons. The van der Waals surface area contributed by atoms with Crippen LogP contribution in [0.3, 0.4) is 0 Å². The smallest absolute Gasteiger partial charge is 0.191 e. The molecule has 0 fully saturated rings. The second kappa shape index (κ2) is 11.3. The minimum absolute atomic E-state index is 0.630. The van der Waals surface area contributed by atoms with E-state index in [0.29, 0.717) is 19.8 Å². The fraction of sp³-hybridized carbons (Fsp3) is 0.524. The van der Waals surface area contributed by atoms with Gasteiger partial charge in [0.1, 0.15) is 11.5 Å². The molecule has 0 aliphatic carbocycles. The molecule has 0 saturated heterocycles. The van der Waals surface area contributed by atoms with Gasteiger partial charge in [0.2, 0.25) is 0 Å². The van der Waals surface area contributed by atoms with Gasteiger partial charge in [-0.3, -0.25) is 4.99 Å². The van der Waals surface area contributed by atoms with Crippen LogP contribution in [-0.4, -0.2) is 45.0 Å². The highest BCUT2D eigenvalue weighted by Gasteiger charge is 2.09. The predicted molar refractivity (Wildman–Crippen MR) is 111 cm³/mol. The Morgan fingerprint density at radius 1 is 1.18 bits per heavy atom. The van der Waals surface area contributed by atoms with Crippen molar-refractivity contribution in [3.05, 3.63) is 46.3 Å². The van der Waals surface area contributed by atoms with Gasteiger partial charge in [0.05, 0.1) is 12.3 Å². The molecule has 2 rings (SSSR count).